The number of rotatable bonds is 2. The van der Waals surface area contributed by atoms with Gasteiger partial charge in [-0.2, -0.15) is 0 Å². The zero-order valence-corrected chi connectivity index (χ0v) is 9.16. The van der Waals surface area contributed by atoms with Crippen molar-refractivity contribution >= 4 is 5.97 Å². The summed E-state index contributed by atoms with van der Waals surface area (Å²) in [6.07, 6.45) is 3.34. The van der Waals surface area contributed by atoms with Crippen molar-refractivity contribution in [2.24, 2.45) is 11.8 Å². The summed E-state index contributed by atoms with van der Waals surface area (Å²) >= 11 is 0. The number of esters is 1. The van der Waals surface area contributed by atoms with Gasteiger partial charge in [0.1, 0.15) is 0 Å². The van der Waals surface area contributed by atoms with E-state index in [0.717, 1.165) is 25.9 Å². The molecular weight excluding hydrogens is 194 g/mol. The van der Waals surface area contributed by atoms with Crippen LogP contribution in [0.1, 0.15) is 25.7 Å². The zero-order valence-electron chi connectivity index (χ0n) is 9.16. The molecule has 1 saturated heterocycles. The number of hydrogen-bond acceptors (Lipinski definition) is 4. The minimum Gasteiger partial charge on any atom is -0.469 e. The van der Waals surface area contributed by atoms with E-state index in [1.165, 1.54) is 13.5 Å². The van der Waals surface area contributed by atoms with Crippen molar-refractivity contribution in [3.8, 4) is 0 Å². The van der Waals surface area contributed by atoms with E-state index in [1.807, 2.05) is 0 Å². The molecule has 2 N–H and O–H groups in total. The summed E-state index contributed by atoms with van der Waals surface area (Å²) in [5.74, 6) is 0.129. The molecule has 1 aliphatic carbocycles. The summed E-state index contributed by atoms with van der Waals surface area (Å²) in [5, 5.41) is 13.9. The van der Waals surface area contributed by atoms with Crippen LogP contribution in [-0.2, 0) is 9.53 Å². The van der Waals surface area contributed by atoms with Crippen LogP contribution >= 0.6 is 0 Å². The van der Waals surface area contributed by atoms with Gasteiger partial charge in [0, 0.05) is 24.9 Å². The molecule has 2 aliphatic rings. The molecule has 0 radical (unpaired) electrons. The Morgan fingerprint density at radius 2 is 2.07 bits per heavy atom. The van der Waals surface area contributed by atoms with E-state index in [4.69, 9.17) is 0 Å². The van der Waals surface area contributed by atoms with Crippen molar-refractivity contribution < 1.29 is 14.6 Å². The predicted octanol–water partition coefficient (Wildman–Crippen LogP) is 0.300. The Hall–Kier alpha value is -0.610. The van der Waals surface area contributed by atoms with Crippen molar-refractivity contribution in [1.82, 2.24) is 5.32 Å². The van der Waals surface area contributed by atoms with E-state index >= 15 is 0 Å². The van der Waals surface area contributed by atoms with Gasteiger partial charge < -0.3 is 15.2 Å². The monoisotopic (exact) mass is 213 g/mol. The minimum absolute atomic E-state index is 0.153. The number of carbonyl (C=O) groups is 1. The average molecular weight is 213 g/mol. The Balaban J connectivity index is 2.12. The highest BCUT2D eigenvalue weighted by atomic mass is 16.5. The smallest absolute Gasteiger partial charge is 0.308 e. The normalized spacial score (nSPS) is 39.9. The van der Waals surface area contributed by atoms with E-state index in [-0.39, 0.29) is 24.2 Å². The largest absolute Gasteiger partial charge is 0.469 e. The molecule has 0 spiro atoms. The second kappa shape index (κ2) is 4.10. The molecule has 1 aliphatic heterocycles. The Labute approximate surface area is 90.0 Å². The highest BCUT2D eigenvalue weighted by Crippen LogP contribution is 2.42. The fraction of sp³-hybridized carbons (Fsp3) is 0.909. The highest BCUT2D eigenvalue weighted by Gasteiger charge is 2.49. The van der Waals surface area contributed by atoms with Crippen LogP contribution < -0.4 is 5.32 Å². The third-order valence-corrected chi connectivity index (χ3v) is 3.96. The van der Waals surface area contributed by atoms with Crippen LogP contribution in [-0.4, -0.2) is 36.9 Å². The summed E-state index contributed by atoms with van der Waals surface area (Å²) in [5.41, 5.74) is -0.823. The lowest BCUT2D eigenvalue weighted by Crippen LogP contribution is -2.59. The Morgan fingerprint density at radius 1 is 1.47 bits per heavy atom. The number of hydrogen-bond donors (Lipinski definition) is 2. The van der Waals surface area contributed by atoms with Crippen LogP contribution in [0.5, 0.6) is 0 Å². The predicted molar refractivity (Wildman–Crippen MR) is 55.3 cm³/mol. The Morgan fingerprint density at radius 3 is 2.60 bits per heavy atom. The number of nitrogens with one attached hydrogen (secondary N) is 1. The number of aliphatic hydroxyl groups is 1. The first-order chi connectivity index (χ1) is 7.16. The highest BCUT2D eigenvalue weighted by molar-refractivity contribution is 5.70. The lowest BCUT2D eigenvalue weighted by molar-refractivity contribution is -0.160. The molecule has 2 bridgehead atoms. The topological polar surface area (TPSA) is 58.6 Å². The lowest BCUT2D eigenvalue weighted by Gasteiger charge is -2.49. The number of methoxy groups -OCH3 is 1. The van der Waals surface area contributed by atoms with Crippen LogP contribution in [0.2, 0.25) is 0 Å². The van der Waals surface area contributed by atoms with Gasteiger partial charge >= 0.3 is 5.97 Å². The van der Waals surface area contributed by atoms with E-state index in [9.17, 15) is 9.90 Å². The summed E-state index contributed by atoms with van der Waals surface area (Å²) in [6.45, 7) is 1.65. The first-order valence-corrected chi connectivity index (χ1v) is 5.66. The molecule has 86 valence electrons. The quantitative estimate of drug-likeness (QED) is 0.648. The molecule has 1 saturated carbocycles. The first kappa shape index (κ1) is 10.9. The van der Waals surface area contributed by atoms with Crippen LogP contribution in [0.3, 0.4) is 0 Å². The van der Waals surface area contributed by atoms with Gasteiger partial charge in [-0.15, -0.1) is 0 Å². The zero-order chi connectivity index (χ0) is 10.9. The number of carbonyl (C=O) groups excluding carboxylic acids is 1. The molecule has 2 rings (SSSR count). The van der Waals surface area contributed by atoms with Crippen LogP contribution in [0, 0.1) is 11.8 Å². The molecule has 2 fully saturated rings. The molecule has 2 unspecified atom stereocenters. The lowest BCUT2D eigenvalue weighted by atomic mass is 9.64. The van der Waals surface area contributed by atoms with Crippen LogP contribution in [0.4, 0.5) is 0 Å². The van der Waals surface area contributed by atoms with Gasteiger partial charge in [0.15, 0.2) is 0 Å². The number of fused-ring (bicyclic) bond motifs is 2. The van der Waals surface area contributed by atoms with Crippen molar-refractivity contribution in [2.75, 3.05) is 20.2 Å². The maximum atomic E-state index is 11.3. The maximum absolute atomic E-state index is 11.3. The molecular formula is C11H19NO3. The second-order valence-corrected chi connectivity index (χ2v) is 4.73. The van der Waals surface area contributed by atoms with Gasteiger partial charge in [0.2, 0.25) is 0 Å². The Kier molecular flexibility index (Phi) is 2.98. The molecule has 0 amide bonds. The standard InChI is InChI=1S/C11H19NO3/c1-15-10(13)5-11(14)8-3-2-4-9(11)7-12-6-8/h8-9,12,14H,2-7H2,1H3. The van der Waals surface area contributed by atoms with Gasteiger partial charge in [0.05, 0.1) is 19.1 Å². The molecule has 0 aromatic carbocycles. The fourth-order valence-corrected chi connectivity index (χ4v) is 3.03. The molecule has 4 heteroatoms. The molecule has 2 atom stereocenters. The van der Waals surface area contributed by atoms with Crippen molar-refractivity contribution in [2.45, 2.75) is 31.3 Å². The van der Waals surface area contributed by atoms with E-state index in [0.29, 0.717) is 0 Å². The van der Waals surface area contributed by atoms with E-state index in [1.54, 1.807) is 0 Å². The molecule has 0 aromatic rings. The van der Waals surface area contributed by atoms with Crippen molar-refractivity contribution in [3.63, 3.8) is 0 Å². The average Bonchev–Trinajstić information content (AvgIpc) is 2.16. The maximum Gasteiger partial charge on any atom is 0.308 e. The van der Waals surface area contributed by atoms with Crippen molar-refractivity contribution in [1.29, 1.82) is 0 Å². The summed E-state index contributed by atoms with van der Waals surface area (Å²) in [4.78, 5) is 11.3. The van der Waals surface area contributed by atoms with Gasteiger partial charge in [-0.3, -0.25) is 4.79 Å². The summed E-state index contributed by atoms with van der Waals surface area (Å²) in [6, 6.07) is 0. The first-order valence-electron chi connectivity index (χ1n) is 5.66. The fourth-order valence-electron chi connectivity index (χ4n) is 3.03. The minimum atomic E-state index is -0.823. The SMILES string of the molecule is COC(=O)CC1(O)C2CCCC1CNC2. The van der Waals surface area contributed by atoms with Crippen LogP contribution in [0.15, 0.2) is 0 Å². The van der Waals surface area contributed by atoms with Crippen molar-refractivity contribution in [3.05, 3.63) is 0 Å². The third-order valence-electron chi connectivity index (χ3n) is 3.96. The Bertz CT molecular complexity index is 232. The van der Waals surface area contributed by atoms with E-state index < -0.39 is 5.60 Å². The third kappa shape index (κ3) is 1.88. The number of ether oxygens (including phenoxy) is 1. The number of piperidine rings is 1. The second-order valence-electron chi connectivity index (χ2n) is 4.73. The molecule has 0 aromatic heterocycles. The van der Waals surface area contributed by atoms with Gasteiger partial charge in [-0.05, 0) is 12.8 Å². The molecule has 1 heterocycles. The molecule has 15 heavy (non-hydrogen) atoms. The van der Waals surface area contributed by atoms with Gasteiger partial charge in [-0.25, -0.2) is 0 Å². The molecule has 4 nitrogen and oxygen atoms in total. The summed E-state index contributed by atoms with van der Waals surface area (Å²) in [7, 11) is 1.38. The van der Waals surface area contributed by atoms with Crippen LogP contribution in [0.25, 0.3) is 0 Å². The van der Waals surface area contributed by atoms with Gasteiger partial charge in [0.25, 0.3) is 0 Å². The van der Waals surface area contributed by atoms with Gasteiger partial charge in [-0.1, -0.05) is 6.42 Å². The van der Waals surface area contributed by atoms with E-state index in [2.05, 4.69) is 10.1 Å². The summed E-state index contributed by atoms with van der Waals surface area (Å²) < 4.78 is 4.66.